The minimum Gasteiger partial charge on any atom is -0.431 e. The van der Waals surface area contributed by atoms with Crippen LogP contribution in [0.15, 0.2) is 60.7 Å². The van der Waals surface area contributed by atoms with Gasteiger partial charge in [0.25, 0.3) is 5.91 Å². The lowest BCUT2D eigenvalue weighted by molar-refractivity contribution is -0.153. The lowest BCUT2D eigenvalue weighted by Gasteiger charge is -2.46. The van der Waals surface area contributed by atoms with Gasteiger partial charge in [-0.2, -0.15) is 8.42 Å². The molecular formula is C27H29N5O11S. The maximum Gasteiger partial charge on any atom is 0.508 e. The Balaban J connectivity index is 1.52. The zero-order chi connectivity index (χ0) is 32.1. The summed E-state index contributed by atoms with van der Waals surface area (Å²) in [5, 5.41) is 4.70. The molecule has 234 valence electrons. The third-order valence-electron chi connectivity index (χ3n) is 6.92. The van der Waals surface area contributed by atoms with Crippen molar-refractivity contribution in [1.82, 2.24) is 24.7 Å². The normalized spacial score (nSPS) is 19.1. The van der Waals surface area contributed by atoms with E-state index in [1.54, 1.807) is 55.5 Å². The highest BCUT2D eigenvalue weighted by Gasteiger charge is 2.59. The number of ether oxygens (including phenoxy) is 2. The fraction of sp³-hybridized carbons (Fsp3) is 0.333. The summed E-state index contributed by atoms with van der Waals surface area (Å²) in [6.45, 7) is -0.0182. The summed E-state index contributed by atoms with van der Waals surface area (Å²) in [6.07, 6.45) is -1.23. The molecule has 0 spiro atoms. The van der Waals surface area contributed by atoms with Crippen LogP contribution in [0.5, 0.6) is 0 Å². The summed E-state index contributed by atoms with van der Waals surface area (Å²) in [5.41, 5.74) is -1.35. The highest BCUT2D eigenvalue weighted by atomic mass is 32.2. The molecule has 2 unspecified atom stereocenters. The van der Waals surface area contributed by atoms with Gasteiger partial charge in [0.2, 0.25) is 5.91 Å². The lowest BCUT2D eigenvalue weighted by atomic mass is 9.91. The Morgan fingerprint density at radius 2 is 1.59 bits per heavy atom. The van der Waals surface area contributed by atoms with E-state index in [-0.39, 0.29) is 36.1 Å². The number of imide groups is 1. The fourth-order valence-electron chi connectivity index (χ4n) is 4.52. The van der Waals surface area contributed by atoms with Gasteiger partial charge >= 0.3 is 34.3 Å². The van der Waals surface area contributed by atoms with E-state index < -0.39 is 70.9 Å². The molecular weight excluding hydrogens is 602 g/mol. The number of likely N-dealkylation sites (N-methyl/N-ethyl adjacent to an activating group) is 1. The SMILES string of the molecule is CCN1CCN(C(=O)NC(C(=O)NC2(COC(=O)OCc3ccccc3)CN(S(=O)(=O)O)C2=O)c2ccccc2)C(=O)C1=O. The van der Waals surface area contributed by atoms with Crippen LogP contribution in [0.25, 0.3) is 0 Å². The molecule has 6 amide bonds. The van der Waals surface area contributed by atoms with E-state index >= 15 is 0 Å². The van der Waals surface area contributed by atoms with Crippen molar-refractivity contribution in [2.24, 2.45) is 0 Å². The standard InChI is InChI=1S/C27H29N5O11S/c1-2-30-13-14-31(23(35)22(30)34)25(37)28-20(19-11-7-4-8-12-19)21(33)29-27(16-32(24(27)36)44(39,40)41)17-43-26(38)42-15-18-9-5-3-6-10-18/h3-12,20H,2,13-17H2,1H3,(H,28,37)(H,29,33)(H,39,40,41). The van der Waals surface area contributed by atoms with E-state index in [9.17, 15) is 41.7 Å². The quantitative estimate of drug-likeness (QED) is 0.137. The molecule has 3 N–H and O–H groups in total. The Hall–Kier alpha value is -5.03. The van der Waals surface area contributed by atoms with Crippen LogP contribution in [0.1, 0.15) is 24.1 Å². The minimum atomic E-state index is -5.02. The molecule has 4 rings (SSSR count). The molecule has 0 bridgehead atoms. The van der Waals surface area contributed by atoms with Gasteiger partial charge in [0.15, 0.2) is 5.54 Å². The van der Waals surface area contributed by atoms with Gasteiger partial charge in [-0.15, -0.1) is 0 Å². The van der Waals surface area contributed by atoms with E-state index in [1.807, 2.05) is 0 Å². The molecule has 2 aliphatic heterocycles. The Labute approximate surface area is 251 Å². The fourth-order valence-corrected chi connectivity index (χ4v) is 5.29. The molecule has 2 aliphatic rings. The summed E-state index contributed by atoms with van der Waals surface area (Å²) < 4.78 is 42.8. The van der Waals surface area contributed by atoms with Crippen LogP contribution in [-0.4, -0.2) is 101 Å². The first-order valence-electron chi connectivity index (χ1n) is 13.3. The van der Waals surface area contributed by atoms with Gasteiger partial charge in [0.05, 0.1) is 6.54 Å². The average molecular weight is 632 g/mol. The van der Waals surface area contributed by atoms with Crippen molar-refractivity contribution in [2.45, 2.75) is 25.1 Å². The van der Waals surface area contributed by atoms with Crippen LogP contribution in [-0.2, 0) is 45.6 Å². The number of nitrogens with one attached hydrogen (secondary N) is 2. The summed E-state index contributed by atoms with van der Waals surface area (Å²) in [6, 6.07) is 13.6. The summed E-state index contributed by atoms with van der Waals surface area (Å²) >= 11 is 0. The van der Waals surface area contributed by atoms with Gasteiger partial charge in [-0.3, -0.25) is 28.6 Å². The molecule has 0 radical (unpaired) electrons. The number of amides is 6. The molecule has 2 heterocycles. The van der Waals surface area contributed by atoms with Gasteiger partial charge in [-0.05, 0) is 18.1 Å². The zero-order valence-corrected chi connectivity index (χ0v) is 24.2. The van der Waals surface area contributed by atoms with Gasteiger partial charge < -0.3 is 25.0 Å². The monoisotopic (exact) mass is 631 g/mol. The molecule has 2 fully saturated rings. The smallest absolute Gasteiger partial charge is 0.431 e. The third kappa shape index (κ3) is 6.95. The van der Waals surface area contributed by atoms with Crippen molar-refractivity contribution >= 4 is 46.1 Å². The molecule has 2 atom stereocenters. The second-order valence-corrected chi connectivity index (χ2v) is 11.1. The number of carbonyl (C=O) groups excluding carboxylic acids is 6. The summed E-state index contributed by atoms with van der Waals surface area (Å²) in [7, 11) is -5.02. The molecule has 44 heavy (non-hydrogen) atoms. The minimum absolute atomic E-state index is 0.0551. The molecule has 2 aromatic carbocycles. The largest absolute Gasteiger partial charge is 0.508 e. The maximum absolute atomic E-state index is 13.6. The molecule has 0 saturated carbocycles. The first-order chi connectivity index (χ1) is 20.9. The Morgan fingerprint density at radius 3 is 2.18 bits per heavy atom. The number of piperazine rings is 1. The number of carbonyl (C=O) groups is 6. The van der Waals surface area contributed by atoms with E-state index in [0.717, 1.165) is 0 Å². The summed E-state index contributed by atoms with van der Waals surface area (Å²) in [4.78, 5) is 78.7. The molecule has 16 nitrogen and oxygen atoms in total. The molecule has 0 aromatic heterocycles. The number of hydrogen-bond acceptors (Lipinski definition) is 10. The molecule has 0 aliphatic carbocycles. The maximum atomic E-state index is 13.6. The van der Waals surface area contributed by atoms with Crippen LogP contribution < -0.4 is 10.6 Å². The van der Waals surface area contributed by atoms with Crippen LogP contribution in [0, 0.1) is 0 Å². The Bertz CT molecular complexity index is 1550. The number of rotatable bonds is 10. The predicted molar refractivity (Wildman–Crippen MR) is 148 cm³/mol. The first-order valence-corrected chi connectivity index (χ1v) is 14.7. The van der Waals surface area contributed by atoms with Crippen molar-refractivity contribution in [3.63, 3.8) is 0 Å². The Morgan fingerprint density at radius 1 is 0.955 bits per heavy atom. The number of nitrogens with zero attached hydrogens (tertiary/aromatic N) is 3. The second-order valence-electron chi connectivity index (χ2n) is 9.81. The van der Waals surface area contributed by atoms with E-state index in [1.165, 1.54) is 17.0 Å². The topological polar surface area (TPSA) is 209 Å². The van der Waals surface area contributed by atoms with Gasteiger partial charge in [0.1, 0.15) is 19.3 Å². The molecule has 2 aromatic rings. The molecule has 2 saturated heterocycles. The van der Waals surface area contributed by atoms with Crippen molar-refractivity contribution in [3.8, 4) is 0 Å². The van der Waals surface area contributed by atoms with Crippen molar-refractivity contribution in [1.29, 1.82) is 0 Å². The predicted octanol–water partition coefficient (Wildman–Crippen LogP) is -0.0186. The van der Waals surface area contributed by atoms with Crippen LogP contribution in [0.4, 0.5) is 9.59 Å². The Kier molecular flexibility index (Phi) is 9.49. The lowest BCUT2D eigenvalue weighted by Crippen LogP contribution is -2.77. The number of β-lactam (4-membered cyclic amide) rings is 1. The number of hydrogen-bond donors (Lipinski definition) is 3. The van der Waals surface area contributed by atoms with Gasteiger partial charge in [0, 0.05) is 19.6 Å². The number of benzene rings is 2. The van der Waals surface area contributed by atoms with Crippen LogP contribution >= 0.6 is 0 Å². The average Bonchev–Trinajstić information content (AvgIpc) is 3.01. The highest BCUT2D eigenvalue weighted by Crippen LogP contribution is 2.28. The highest BCUT2D eigenvalue weighted by molar-refractivity contribution is 7.84. The summed E-state index contributed by atoms with van der Waals surface area (Å²) in [5.74, 6) is -4.37. The third-order valence-corrected chi connectivity index (χ3v) is 7.78. The van der Waals surface area contributed by atoms with Gasteiger partial charge in [-0.1, -0.05) is 60.7 Å². The first kappa shape index (κ1) is 31.9. The van der Waals surface area contributed by atoms with E-state index in [0.29, 0.717) is 10.5 Å². The van der Waals surface area contributed by atoms with Crippen molar-refractivity contribution in [2.75, 3.05) is 32.8 Å². The van der Waals surface area contributed by atoms with Crippen molar-refractivity contribution < 1.29 is 51.2 Å². The second kappa shape index (κ2) is 13.1. The van der Waals surface area contributed by atoms with E-state index in [2.05, 4.69) is 10.6 Å². The molecule has 17 heteroatoms. The van der Waals surface area contributed by atoms with Crippen LogP contribution in [0.3, 0.4) is 0 Å². The van der Waals surface area contributed by atoms with E-state index in [4.69, 9.17) is 9.47 Å². The van der Waals surface area contributed by atoms with Gasteiger partial charge in [-0.25, -0.2) is 13.9 Å². The van der Waals surface area contributed by atoms with Crippen LogP contribution in [0.2, 0.25) is 0 Å². The number of urea groups is 1. The van der Waals surface area contributed by atoms with Crippen molar-refractivity contribution in [3.05, 3.63) is 71.8 Å². The zero-order valence-electron chi connectivity index (χ0n) is 23.4.